The predicted molar refractivity (Wildman–Crippen MR) is 125 cm³/mol. The average Bonchev–Trinajstić information content (AvgIpc) is 3.26. The van der Waals surface area contributed by atoms with Crippen LogP contribution in [0.5, 0.6) is 0 Å². The zero-order valence-corrected chi connectivity index (χ0v) is 19.5. The molecular formula is C25H24F2N2O5S. The Hall–Kier alpha value is -3.14. The Morgan fingerprint density at radius 3 is 2.34 bits per heavy atom. The van der Waals surface area contributed by atoms with Gasteiger partial charge in [0.2, 0.25) is 5.91 Å². The molecule has 5 rings (SSSR count). The molecule has 7 nitrogen and oxygen atoms in total. The Morgan fingerprint density at radius 2 is 1.71 bits per heavy atom. The molecule has 2 N–H and O–H groups in total. The number of amides is 2. The molecule has 0 spiro atoms. The van der Waals surface area contributed by atoms with Crippen LogP contribution in [0.15, 0.2) is 48.5 Å². The number of carbonyl (C=O) groups is 3. The first-order valence-electron chi connectivity index (χ1n) is 11.4. The molecule has 1 heterocycles. The van der Waals surface area contributed by atoms with E-state index in [1.54, 1.807) is 0 Å². The van der Waals surface area contributed by atoms with Crippen molar-refractivity contribution in [3.8, 4) is 11.1 Å². The lowest BCUT2D eigenvalue weighted by atomic mass is 9.98. The smallest absolute Gasteiger partial charge is 0.407 e. The van der Waals surface area contributed by atoms with E-state index in [4.69, 9.17) is 4.74 Å². The van der Waals surface area contributed by atoms with E-state index in [2.05, 4.69) is 5.32 Å². The number of alkyl carbamates (subject to hydrolysis) is 1. The second kappa shape index (κ2) is 9.14. The number of fused-ring (bicyclic) bond motifs is 3. The summed E-state index contributed by atoms with van der Waals surface area (Å²) in [5.74, 6) is -7.90. The first-order valence-corrected chi connectivity index (χ1v) is 12.5. The molecule has 2 aromatic carbocycles. The third kappa shape index (κ3) is 4.24. The van der Waals surface area contributed by atoms with Gasteiger partial charge >= 0.3 is 12.1 Å². The van der Waals surface area contributed by atoms with Crippen molar-refractivity contribution in [3.63, 3.8) is 0 Å². The van der Waals surface area contributed by atoms with E-state index in [0.29, 0.717) is 5.75 Å². The van der Waals surface area contributed by atoms with Gasteiger partial charge < -0.3 is 20.1 Å². The van der Waals surface area contributed by atoms with Crippen LogP contribution in [0.2, 0.25) is 0 Å². The van der Waals surface area contributed by atoms with Gasteiger partial charge in [-0.15, -0.1) is 0 Å². The second-order valence-electron chi connectivity index (χ2n) is 8.93. The molecule has 3 aliphatic rings. The van der Waals surface area contributed by atoms with Gasteiger partial charge in [0.25, 0.3) is 5.92 Å². The minimum Gasteiger partial charge on any atom is -0.480 e. The zero-order chi connectivity index (χ0) is 24.7. The molecule has 10 heteroatoms. The third-order valence-corrected chi connectivity index (χ3v) is 8.00. The summed E-state index contributed by atoms with van der Waals surface area (Å²) >= 11 is 1.37. The number of thioether (sulfide) groups is 1. The number of aliphatic carboxylic acids is 1. The maximum atomic E-state index is 14.4. The van der Waals surface area contributed by atoms with Crippen LogP contribution in [0.4, 0.5) is 13.6 Å². The van der Waals surface area contributed by atoms with Crippen LogP contribution in [-0.2, 0) is 14.3 Å². The monoisotopic (exact) mass is 502 g/mol. The molecule has 1 saturated heterocycles. The Balaban J connectivity index is 1.18. The van der Waals surface area contributed by atoms with Crippen molar-refractivity contribution >= 4 is 29.7 Å². The van der Waals surface area contributed by atoms with Gasteiger partial charge in [0, 0.05) is 30.5 Å². The number of halogens is 2. The van der Waals surface area contributed by atoms with Crippen LogP contribution in [-0.4, -0.2) is 71.1 Å². The Kier molecular flexibility index (Phi) is 6.16. The number of hydrogen-bond acceptors (Lipinski definition) is 5. The summed E-state index contributed by atoms with van der Waals surface area (Å²) in [6.45, 7) is -0.269. The molecule has 3 unspecified atom stereocenters. The number of benzene rings is 2. The zero-order valence-electron chi connectivity index (χ0n) is 18.7. The highest BCUT2D eigenvalue weighted by atomic mass is 32.2. The quantitative estimate of drug-likeness (QED) is 0.629. The number of alkyl halides is 2. The van der Waals surface area contributed by atoms with Crippen LogP contribution in [0.25, 0.3) is 11.1 Å². The maximum Gasteiger partial charge on any atom is 0.407 e. The van der Waals surface area contributed by atoms with Crippen molar-refractivity contribution in [3.05, 3.63) is 59.7 Å². The molecular weight excluding hydrogens is 478 g/mol. The summed E-state index contributed by atoms with van der Waals surface area (Å²) in [7, 11) is 0. The summed E-state index contributed by atoms with van der Waals surface area (Å²) < 4.78 is 34.2. The van der Waals surface area contributed by atoms with Crippen LogP contribution in [0.3, 0.4) is 0 Å². The van der Waals surface area contributed by atoms with E-state index >= 15 is 0 Å². The van der Waals surface area contributed by atoms with Crippen LogP contribution in [0.1, 0.15) is 17.0 Å². The van der Waals surface area contributed by atoms with Crippen LogP contribution < -0.4 is 5.32 Å². The first-order chi connectivity index (χ1) is 16.8. The van der Waals surface area contributed by atoms with E-state index in [1.165, 1.54) is 11.8 Å². The number of rotatable bonds is 6. The highest BCUT2D eigenvalue weighted by Crippen LogP contribution is 2.56. The minimum absolute atomic E-state index is 0.0506. The van der Waals surface area contributed by atoms with Crippen molar-refractivity contribution in [2.24, 2.45) is 11.8 Å². The number of ether oxygens (including phenoxy) is 1. The Morgan fingerprint density at radius 1 is 1.09 bits per heavy atom. The number of nitrogens with one attached hydrogen (secondary N) is 1. The molecule has 0 radical (unpaired) electrons. The van der Waals surface area contributed by atoms with Gasteiger partial charge in [0.15, 0.2) is 0 Å². The van der Waals surface area contributed by atoms with E-state index in [0.717, 1.165) is 27.2 Å². The van der Waals surface area contributed by atoms with E-state index in [-0.39, 0.29) is 24.8 Å². The lowest BCUT2D eigenvalue weighted by molar-refractivity contribution is -0.150. The van der Waals surface area contributed by atoms with Gasteiger partial charge in [0.05, 0.1) is 5.92 Å². The van der Waals surface area contributed by atoms with E-state index < -0.39 is 48.3 Å². The molecule has 1 saturated carbocycles. The second-order valence-corrected chi connectivity index (χ2v) is 10.1. The van der Waals surface area contributed by atoms with Crippen molar-refractivity contribution in [2.75, 3.05) is 31.2 Å². The average molecular weight is 503 g/mol. The molecule has 0 aromatic heterocycles. The summed E-state index contributed by atoms with van der Waals surface area (Å²) in [5, 5.41) is 11.7. The fourth-order valence-electron chi connectivity index (χ4n) is 5.07. The normalized spacial score (nSPS) is 24.3. The summed E-state index contributed by atoms with van der Waals surface area (Å²) in [6.07, 6.45) is -0.835. The molecule has 2 amide bonds. The highest BCUT2D eigenvalue weighted by molar-refractivity contribution is 7.99. The van der Waals surface area contributed by atoms with Crippen molar-refractivity contribution in [1.82, 2.24) is 10.2 Å². The van der Waals surface area contributed by atoms with Gasteiger partial charge in [-0.1, -0.05) is 48.5 Å². The minimum atomic E-state index is -3.30. The van der Waals surface area contributed by atoms with Crippen molar-refractivity contribution < 1.29 is 33.0 Å². The molecule has 2 aliphatic carbocycles. The molecule has 184 valence electrons. The lowest BCUT2D eigenvalue weighted by Gasteiger charge is -2.32. The molecule has 35 heavy (non-hydrogen) atoms. The van der Waals surface area contributed by atoms with Crippen LogP contribution in [0, 0.1) is 11.8 Å². The number of nitrogens with zero attached hydrogens (tertiary/aromatic N) is 1. The lowest BCUT2D eigenvalue weighted by Crippen LogP contribution is -2.51. The molecule has 2 fully saturated rings. The molecule has 3 atom stereocenters. The van der Waals surface area contributed by atoms with E-state index in [9.17, 15) is 28.3 Å². The summed E-state index contributed by atoms with van der Waals surface area (Å²) in [6, 6.07) is 14.6. The molecule has 0 bridgehead atoms. The van der Waals surface area contributed by atoms with Gasteiger partial charge in [-0.25, -0.2) is 18.4 Å². The summed E-state index contributed by atoms with van der Waals surface area (Å²) in [4.78, 5) is 37.5. The van der Waals surface area contributed by atoms with Gasteiger partial charge in [-0.2, -0.15) is 11.8 Å². The predicted octanol–water partition coefficient (Wildman–Crippen LogP) is 3.44. The molecule has 2 aromatic rings. The topological polar surface area (TPSA) is 95.9 Å². The third-order valence-electron chi connectivity index (χ3n) is 6.97. The maximum absolute atomic E-state index is 14.4. The fraction of sp³-hybridized carbons (Fsp3) is 0.400. The number of carboxylic acids is 1. The number of carbonyl (C=O) groups excluding carboxylic acids is 2. The van der Waals surface area contributed by atoms with Crippen molar-refractivity contribution in [2.45, 2.75) is 17.9 Å². The molecule has 1 aliphatic heterocycles. The highest BCUT2D eigenvalue weighted by Gasteiger charge is 2.72. The Labute approximate surface area is 204 Å². The largest absolute Gasteiger partial charge is 0.480 e. The Bertz CT molecular complexity index is 1130. The number of hydrogen-bond donors (Lipinski definition) is 2. The number of carboxylic acid groups (broad SMARTS) is 1. The standard InChI is InChI=1S/C25H24F2N2O5S/c26-25(27)19(21(25)22(30)29-9-10-35-13-20(29)23(31)32)11-28-24(33)34-12-18-16-7-3-1-5-14(16)15-6-2-4-8-17(15)18/h1-8,18-21H,9-13H2,(H,28,33)(H,31,32). The SMILES string of the molecule is O=C(NCC1C(C(=O)N2CCSCC2C(=O)O)C1(F)F)OCC1c2ccccc2-c2ccccc21. The van der Waals surface area contributed by atoms with Crippen molar-refractivity contribution in [1.29, 1.82) is 0 Å². The van der Waals surface area contributed by atoms with E-state index in [1.807, 2.05) is 48.5 Å². The van der Waals surface area contributed by atoms with Gasteiger partial charge in [-0.3, -0.25) is 4.79 Å². The fourth-order valence-corrected chi connectivity index (χ4v) is 6.11. The van der Waals surface area contributed by atoms with Gasteiger partial charge in [0.1, 0.15) is 18.6 Å². The van der Waals surface area contributed by atoms with Crippen LogP contribution >= 0.6 is 11.8 Å². The van der Waals surface area contributed by atoms with Gasteiger partial charge in [-0.05, 0) is 22.3 Å². The first kappa shape index (κ1) is 23.6. The summed E-state index contributed by atoms with van der Waals surface area (Å²) in [5.41, 5.74) is 4.22.